The molecule has 0 radical (unpaired) electrons. The number of pyridine rings is 1. The summed E-state index contributed by atoms with van der Waals surface area (Å²) < 4.78 is 5.28. The van der Waals surface area contributed by atoms with Crippen molar-refractivity contribution in [3.63, 3.8) is 0 Å². The van der Waals surface area contributed by atoms with Crippen molar-refractivity contribution in [3.8, 4) is 5.75 Å². The van der Waals surface area contributed by atoms with E-state index in [1.807, 2.05) is 37.3 Å². The van der Waals surface area contributed by atoms with Gasteiger partial charge in [0.1, 0.15) is 17.4 Å². The minimum absolute atomic E-state index is 0.143. The van der Waals surface area contributed by atoms with E-state index in [1.165, 1.54) is 0 Å². The Bertz CT molecular complexity index is 1030. The van der Waals surface area contributed by atoms with Gasteiger partial charge in [-0.05, 0) is 49.1 Å². The predicted molar refractivity (Wildman–Crippen MR) is 116 cm³/mol. The fourth-order valence-electron chi connectivity index (χ4n) is 4.47. The van der Waals surface area contributed by atoms with Crippen LogP contribution in [0.4, 0.5) is 5.82 Å². The summed E-state index contributed by atoms with van der Waals surface area (Å²) in [5.74, 6) is 0.530. The van der Waals surface area contributed by atoms with Gasteiger partial charge in [0, 0.05) is 35.5 Å². The number of rotatable bonds is 4. The molecular weight excluding hydrogens is 378 g/mol. The molecule has 2 aliphatic rings. The molecule has 1 aliphatic heterocycles. The van der Waals surface area contributed by atoms with Crippen LogP contribution in [0.25, 0.3) is 0 Å². The minimum atomic E-state index is -0.414. The molecule has 0 bridgehead atoms. The molecular formula is C24H25N3O3. The van der Waals surface area contributed by atoms with E-state index in [0.29, 0.717) is 23.5 Å². The Kier molecular flexibility index (Phi) is 5.48. The van der Waals surface area contributed by atoms with Gasteiger partial charge in [0.2, 0.25) is 0 Å². The molecule has 1 unspecified atom stereocenters. The highest BCUT2D eigenvalue weighted by Gasteiger charge is 2.44. The first kappa shape index (κ1) is 20.0. The van der Waals surface area contributed by atoms with Crippen LogP contribution in [0.3, 0.4) is 0 Å². The molecule has 1 saturated carbocycles. The van der Waals surface area contributed by atoms with Crippen molar-refractivity contribution in [1.29, 1.82) is 0 Å². The number of amides is 1. The van der Waals surface area contributed by atoms with E-state index in [4.69, 9.17) is 9.73 Å². The molecule has 1 amide bonds. The lowest BCUT2D eigenvalue weighted by Gasteiger charge is -2.37. The number of hydrogen-bond acceptors (Lipinski definition) is 5. The summed E-state index contributed by atoms with van der Waals surface area (Å²) >= 11 is 0. The van der Waals surface area contributed by atoms with Gasteiger partial charge in [0.15, 0.2) is 0 Å². The van der Waals surface area contributed by atoms with E-state index in [0.717, 1.165) is 23.4 Å². The summed E-state index contributed by atoms with van der Waals surface area (Å²) in [5.41, 5.74) is 2.95. The van der Waals surface area contributed by atoms with Gasteiger partial charge >= 0.3 is 0 Å². The van der Waals surface area contributed by atoms with Gasteiger partial charge in [-0.1, -0.05) is 25.1 Å². The van der Waals surface area contributed by atoms with Crippen molar-refractivity contribution in [1.82, 2.24) is 4.98 Å². The standard InChI is InChI=1S/C24H25N3O3/c1-14-12-18-23(19(28)13-14)22(16-7-9-17(30-3)10-8-16)21(15(2)26-18)24(29)27-20-6-4-5-11-25-20/h4-11,14,22-23H,12-13H2,1-3H3,(H,25,27,29)/t14-,22-,23?/m0/s1. The number of carbonyl (C=O) groups is 2. The molecule has 30 heavy (non-hydrogen) atoms. The maximum absolute atomic E-state index is 13.3. The molecule has 1 N–H and O–H groups in total. The van der Waals surface area contributed by atoms with Crippen LogP contribution < -0.4 is 10.1 Å². The van der Waals surface area contributed by atoms with Gasteiger partial charge in [-0.2, -0.15) is 0 Å². The number of ketones is 1. The van der Waals surface area contributed by atoms with E-state index >= 15 is 0 Å². The number of nitrogens with zero attached hydrogens (tertiary/aromatic N) is 2. The molecule has 154 valence electrons. The third-order valence-corrected chi connectivity index (χ3v) is 5.78. The van der Waals surface area contributed by atoms with Gasteiger partial charge in [-0.25, -0.2) is 4.98 Å². The van der Waals surface area contributed by atoms with Gasteiger partial charge in [0.05, 0.1) is 13.0 Å². The predicted octanol–water partition coefficient (Wildman–Crippen LogP) is 4.16. The summed E-state index contributed by atoms with van der Waals surface area (Å²) in [5, 5.41) is 2.87. The summed E-state index contributed by atoms with van der Waals surface area (Å²) in [6, 6.07) is 12.9. The van der Waals surface area contributed by atoms with Gasteiger partial charge in [-0.15, -0.1) is 0 Å². The van der Waals surface area contributed by atoms with Crippen LogP contribution in [-0.4, -0.2) is 29.5 Å². The van der Waals surface area contributed by atoms with Crippen LogP contribution in [0, 0.1) is 11.8 Å². The third kappa shape index (κ3) is 3.77. The number of methoxy groups -OCH3 is 1. The SMILES string of the molecule is COc1ccc([C@H]2C(C(=O)Nc3ccccn3)=C(C)N=C3C[C@H](C)CC(=O)C32)cc1. The number of Topliss-reactive ketones (excluding diaryl/α,β-unsaturated/α-hetero) is 1. The Morgan fingerprint density at radius 1 is 1.10 bits per heavy atom. The van der Waals surface area contributed by atoms with Gasteiger partial charge < -0.3 is 10.1 Å². The lowest BCUT2D eigenvalue weighted by atomic mass is 9.67. The van der Waals surface area contributed by atoms with Gasteiger partial charge in [-0.3, -0.25) is 14.6 Å². The largest absolute Gasteiger partial charge is 0.497 e. The molecule has 1 aromatic heterocycles. The van der Waals surface area contributed by atoms with Crippen molar-refractivity contribution >= 4 is 23.2 Å². The number of allylic oxidation sites excluding steroid dienone is 1. The van der Waals surface area contributed by atoms with Crippen LogP contribution in [-0.2, 0) is 9.59 Å². The molecule has 0 spiro atoms. The Hall–Kier alpha value is -3.28. The van der Waals surface area contributed by atoms with Crippen molar-refractivity contribution in [2.75, 3.05) is 12.4 Å². The van der Waals surface area contributed by atoms with Crippen LogP contribution >= 0.6 is 0 Å². The second-order valence-corrected chi connectivity index (χ2v) is 7.98. The minimum Gasteiger partial charge on any atom is -0.497 e. The number of carbonyl (C=O) groups excluding carboxylic acids is 2. The Morgan fingerprint density at radius 2 is 1.87 bits per heavy atom. The number of anilines is 1. The lowest BCUT2D eigenvalue weighted by Crippen LogP contribution is -2.41. The van der Waals surface area contributed by atoms with Crippen molar-refractivity contribution in [2.24, 2.45) is 16.8 Å². The smallest absolute Gasteiger partial charge is 0.255 e. The van der Waals surface area contributed by atoms with Crippen LogP contribution in [0.2, 0.25) is 0 Å². The number of nitrogens with one attached hydrogen (secondary N) is 1. The zero-order chi connectivity index (χ0) is 21.3. The van der Waals surface area contributed by atoms with Crippen LogP contribution in [0.5, 0.6) is 5.75 Å². The Labute approximate surface area is 176 Å². The average Bonchev–Trinajstić information content (AvgIpc) is 2.73. The molecule has 2 heterocycles. The fourth-order valence-corrected chi connectivity index (χ4v) is 4.47. The highest BCUT2D eigenvalue weighted by Crippen LogP contribution is 2.44. The summed E-state index contributed by atoms with van der Waals surface area (Å²) in [4.78, 5) is 35.3. The van der Waals surface area contributed by atoms with E-state index in [2.05, 4.69) is 17.2 Å². The highest BCUT2D eigenvalue weighted by atomic mass is 16.5. The first-order valence-corrected chi connectivity index (χ1v) is 10.1. The van der Waals surface area contributed by atoms with E-state index in [9.17, 15) is 9.59 Å². The molecule has 6 heteroatoms. The first-order valence-electron chi connectivity index (χ1n) is 10.1. The topological polar surface area (TPSA) is 80.7 Å². The number of hydrogen-bond donors (Lipinski definition) is 1. The fraction of sp³-hybridized carbons (Fsp3) is 0.333. The quantitative estimate of drug-likeness (QED) is 0.831. The van der Waals surface area contributed by atoms with E-state index < -0.39 is 5.92 Å². The van der Waals surface area contributed by atoms with Crippen molar-refractivity contribution in [2.45, 2.75) is 32.6 Å². The molecule has 1 aliphatic carbocycles. The molecule has 2 aromatic rings. The summed E-state index contributed by atoms with van der Waals surface area (Å²) in [7, 11) is 1.61. The molecule has 3 atom stereocenters. The zero-order valence-corrected chi connectivity index (χ0v) is 17.4. The third-order valence-electron chi connectivity index (χ3n) is 5.78. The molecule has 1 aromatic carbocycles. The highest BCUT2D eigenvalue weighted by molar-refractivity contribution is 6.14. The molecule has 1 fully saturated rings. The maximum atomic E-state index is 13.3. The molecule has 0 saturated heterocycles. The maximum Gasteiger partial charge on any atom is 0.255 e. The molecule has 4 rings (SSSR count). The van der Waals surface area contributed by atoms with Gasteiger partial charge in [0.25, 0.3) is 5.91 Å². The van der Waals surface area contributed by atoms with E-state index in [1.54, 1.807) is 25.4 Å². The van der Waals surface area contributed by atoms with Crippen LogP contribution in [0.15, 0.2) is 64.9 Å². The first-order chi connectivity index (χ1) is 14.5. The number of aromatic nitrogens is 1. The number of fused-ring (bicyclic) bond motifs is 1. The monoisotopic (exact) mass is 403 g/mol. The normalized spacial score (nSPS) is 23.5. The zero-order valence-electron chi connectivity index (χ0n) is 17.4. The Morgan fingerprint density at radius 3 is 2.53 bits per heavy atom. The molecule has 6 nitrogen and oxygen atoms in total. The average molecular weight is 403 g/mol. The van der Waals surface area contributed by atoms with E-state index in [-0.39, 0.29) is 23.5 Å². The second-order valence-electron chi connectivity index (χ2n) is 7.98. The summed E-state index contributed by atoms with van der Waals surface area (Å²) in [6.07, 6.45) is 2.90. The number of benzene rings is 1. The lowest BCUT2D eigenvalue weighted by molar-refractivity contribution is -0.123. The van der Waals surface area contributed by atoms with Crippen LogP contribution in [0.1, 0.15) is 38.2 Å². The number of aliphatic imine (C=N–C) groups is 1. The second kappa shape index (κ2) is 8.22. The van der Waals surface area contributed by atoms with Crippen molar-refractivity contribution in [3.05, 3.63) is 65.5 Å². The van der Waals surface area contributed by atoms with Crippen molar-refractivity contribution < 1.29 is 14.3 Å². The summed E-state index contributed by atoms with van der Waals surface area (Å²) in [6.45, 7) is 3.91. The Balaban J connectivity index is 1.79. The number of ether oxygens (including phenoxy) is 1.